The Kier molecular flexibility index (Phi) is 8.53. The summed E-state index contributed by atoms with van der Waals surface area (Å²) in [7, 11) is 3.51. The molecule has 0 radical (unpaired) electrons. The molecule has 2 unspecified atom stereocenters. The minimum Gasteiger partial charge on any atom is -0.481 e. The highest BCUT2D eigenvalue weighted by molar-refractivity contribution is 5.81. The van der Waals surface area contributed by atoms with Gasteiger partial charge in [0.25, 0.3) is 0 Å². The SMILES string of the molecule is CN(C)C(=O)OCC[C@]12CCC[C@@H]1[C@H]1CCC3[C@@]4(C)CC[C@H](OC(=O)CC(C)(C)C(=O)O)C(C)(C)C4CC[C@@]3(C)[C@]1(C)CC2. The first-order valence-corrected chi connectivity index (χ1v) is 17.6. The summed E-state index contributed by atoms with van der Waals surface area (Å²) >= 11 is 0. The molecule has 250 valence electrons. The van der Waals surface area contributed by atoms with Gasteiger partial charge in [0, 0.05) is 19.5 Å². The van der Waals surface area contributed by atoms with E-state index in [1.165, 1.54) is 56.3 Å². The average molecular weight is 616 g/mol. The molecule has 1 N–H and O–H groups in total. The van der Waals surface area contributed by atoms with E-state index in [4.69, 9.17) is 9.47 Å². The first-order chi connectivity index (χ1) is 20.3. The van der Waals surface area contributed by atoms with Crippen LogP contribution in [0.25, 0.3) is 0 Å². The Morgan fingerprint density at radius 1 is 0.818 bits per heavy atom. The number of amides is 1. The van der Waals surface area contributed by atoms with Gasteiger partial charge in [-0.25, -0.2) is 4.79 Å². The summed E-state index contributed by atoms with van der Waals surface area (Å²) in [5, 5.41) is 9.54. The highest BCUT2D eigenvalue weighted by atomic mass is 16.6. The lowest BCUT2D eigenvalue weighted by Gasteiger charge is -2.72. The molecule has 0 aliphatic heterocycles. The van der Waals surface area contributed by atoms with E-state index in [0.717, 1.165) is 37.5 Å². The van der Waals surface area contributed by atoms with Gasteiger partial charge in [-0.3, -0.25) is 9.59 Å². The van der Waals surface area contributed by atoms with E-state index in [-0.39, 0.29) is 40.8 Å². The molecule has 0 saturated heterocycles. The molecule has 0 bridgehead atoms. The van der Waals surface area contributed by atoms with Gasteiger partial charge in [-0.15, -0.1) is 0 Å². The second kappa shape index (κ2) is 11.2. The number of hydrogen-bond donors (Lipinski definition) is 1. The summed E-state index contributed by atoms with van der Waals surface area (Å²) in [6, 6.07) is 0. The van der Waals surface area contributed by atoms with E-state index in [9.17, 15) is 19.5 Å². The maximum atomic E-state index is 13.0. The normalized spacial score (nSPS) is 42.6. The fraction of sp³-hybridized carbons (Fsp3) is 0.919. The fourth-order valence-corrected chi connectivity index (χ4v) is 12.4. The number of nitrogens with zero attached hydrogens (tertiary/aromatic N) is 1. The third kappa shape index (κ3) is 5.09. The van der Waals surface area contributed by atoms with Crippen molar-refractivity contribution in [1.82, 2.24) is 4.90 Å². The van der Waals surface area contributed by atoms with Gasteiger partial charge in [0.1, 0.15) is 6.10 Å². The van der Waals surface area contributed by atoms with Gasteiger partial charge in [-0.1, -0.05) is 41.0 Å². The molecule has 5 rings (SSSR count). The number of carboxylic acids is 1. The van der Waals surface area contributed by atoms with Crippen LogP contribution in [0.3, 0.4) is 0 Å². The van der Waals surface area contributed by atoms with Crippen LogP contribution in [0.15, 0.2) is 0 Å². The van der Waals surface area contributed by atoms with Crippen molar-refractivity contribution in [1.29, 1.82) is 0 Å². The smallest absolute Gasteiger partial charge is 0.409 e. The lowest BCUT2D eigenvalue weighted by atomic mass is 9.32. The molecule has 0 heterocycles. The highest BCUT2D eigenvalue weighted by Gasteiger charge is 2.70. The number of hydrogen-bond acceptors (Lipinski definition) is 5. The maximum absolute atomic E-state index is 13.0. The van der Waals surface area contributed by atoms with E-state index < -0.39 is 11.4 Å². The number of carboxylic acid groups (broad SMARTS) is 1. The van der Waals surface area contributed by atoms with Crippen molar-refractivity contribution < 1.29 is 29.0 Å². The molecule has 7 heteroatoms. The van der Waals surface area contributed by atoms with Crippen LogP contribution in [0.5, 0.6) is 0 Å². The summed E-state index contributed by atoms with van der Waals surface area (Å²) < 4.78 is 11.8. The second-order valence-corrected chi connectivity index (χ2v) is 18.0. The number of rotatable bonds is 7. The van der Waals surface area contributed by atoms with E-state index in [2.05, 4.69) is 34.6 Å². The van der Waals surface area contributed by atoms with E-state index in [1.807, 2.05) is 0 Å². The topological polar surface area (TPSA) is 93.1 Å². The molecule has 1 amide bonds. The van der Waals surface area contributed by atoms with E-state index in [0.29, 0.717) is 29.3 Å². The summed E-state index contributed by atoms with van der Waals surface area (Å²) in [5.41, 5.74) is -0.194. The van der Waals surface area contributed by atoms with Crippen LogP contribution in [0.4, 0.5) is 4.79 Å². The number of fused-ring (bicyclic) bond motifs is 7. The molecular weight excluding hydrogens is 554 g/mol. The molecule has 5 saturated carbocycles. The Balaban J connectivity index is 1.33. The van der Waals surface area contributed by atoms with Crippen molar-refractivity contribution in [3.05, 3.63) is 0 Å². The second-order valence-electron chi connectivity index (χ2n) is 18.0. The van der Waals surface area contributed by atoms with Crippen molar-refractivity contribution in [2.75, 3.05) is 20.7 Å². The fourth-order valence-electron chi connectivity index (χ4n) is 12.4. The molecule has 7 nitrogen and oxygen atoms in total. The van der Waals surface area contributed by atoms with Crippen molar-refractivity contribution in [2.24, 2.45) is 56.2 Å². The van der Waals surface area contributed by atoms with E-state index in [1.54, 1.807) is 27.9 Å². The zero-order chi connectivity index (χ0) is 32.5. The number of ether oxygens (including phenoxy) is 2. The van der Waals surface area contributed by atoms with Crippen molar-refractivity contribution in [3.8, 4) is 0 Å². The van der Waals surface area contributed by atoms with Gasteiger partial charge in [-0.2, -0.15) is 0 Å². The Morgan fingerprint density at radius 2 is 1.52 bits per heavy atom. The Hall–Kier alpha value is -1.79. The largest absolute Gasteiger partial charge is 0.481 e. The van der Waals surface area contributed by atoms with Crippen LogP contribution in [0.1, 0.15) is 132 Å². The van der Waals surface area contributed by atoms with Crippen LogP contribution in [-0.2, 0) is 19.1 Å². The molecule has 0 aromatic rings. The average Bonchev–Trinajstić information content (AvgIpc) is 3.34. The number of aliphatic carboxylic acids is 1. The molecular formula is C37H61NO6. The van der Waals surface area contributed by atoms with Gasteiger partial charge >= 0.3 is 18.0 Å². The summed E-state index contributed by atoms with van der Waals surface area (Å²) in [4.78, 5) is 38.3. The summed E-state index contributed by atoms with van der Waals surface area (Å²) in [6.45, 7) is 16.2. The van der Waals surface area contributed by atoms with Crippen molar-refractivity contribution in [3.63, 3.8) is 0 Å². The van der Waals surface area contributed by atoms with Crippen molar-refractivity contribution >= 4 is 18.0 Å². The Bertz CT molecular complexity index is 1150. The van der Waals surface area contributed by atoms with Crippen LogP contribution < -0.4 is 0 Å². The Morgan fingerprint density at radius 3 is 2.18 bits per heavy atom. The maximum Gasteiger partial charge on any atom is 0.409 e. The Labute approximate surface area is 266 Å². The third-order valence-electron chi connectivity index (χ3n) is 15.1. The van der Waals surface area contributed by atoms with Gasteiger partial charge in [0.05, 0.1) is 18.4 Å². The molecule has 5 aliphatic carbocycles. The van der Waals surface area contributed by atoms with Crippen molar-refractivity contribution in [2.45, 2.75) is 138 Å². The summed E-state index contributed by atoms with van der Waals surface area (Å²) in [6.07, 6.45) is 13.8. The monoisotopic (exact) mass is 615 g/mol. The standard InChI is InChI=1S/C37H61NO6/c1-32(2,30(40)41)23-29(39)44-28-15-17-34(5)26(33(28,3)4)14-18-36(7)27(34)13-12-24-25-11-10-16-37(25,20-19-35(24,36)6)21-22-43-31(42)38(8)9/h24-28H,10-23H2,1-9H3,(H,40,41)/t24-,25-,26?,27?,28+,34+,35-,36-,37-/m1/s1. The lowest BCUT2D eigenvalue weighted by molar-refractivity contribution is -0.249. The number of esters is 1. The lowest BCUT2D eigenvalue weighted by Crippen LogP contribution is -2.66. The molecule has 0 aromatic heterocycles. The quantitative estimate of drug-likeness (QED) is 0.289. The van der Waals surface area contributed by atoms with Crippen LogP contribution in [-0.4, -0.2) is 54.8 Å². The predicted molar refractivity (Wildman–Crippen MR) is 171 cm³/mol. The molecule has 5 aliphatic rings. The molecule has 44 heavy (non-hydrogen) atoms. The van der Waals surface area contributed by atoms with Crippen LogP contribution >= 0.6 is 0 Å². The number of carbonyl (C=O) groups is 3. The zero-order valence-electron chi connectivity index (χ0n) is 29.2. The zero-order valence-corrected chi connectivity index (χ0v) is 29.2. The van der Waals surface area contributed by atoms with Crippen LogP contribution in [0.2, 0.25) is 0 Å². The minimum atomic E-state index is -1.13. The molecule has 9 atom stereocenters. The molecule has 5 fully saturated rings. The molecule has 0 aromatic carbocycles. The first-order valence-electron chi connectivity index (χ1n) is 17.6. The first kappa shape index (κ1) is 33.6. The van der Waals surface area contributed by atoms with Gasteiger partial charge < -0.3 is 19.5 Å². The highest BCUT2D eigenvalue weighted by Crippen LogP contribution is 2.77. The van der Waals surface area contributed by atoms with Gasteiger partial charge in [0.2, 0.25) is 0 Å². The van der Waals surface area contributed by atoms with Crippen LogP contribution in [0, 0.1) is 56.2 Å². The van der Waals surface area contributed by atoms with Gasteiger partial charge in [-0.05, 0) is 130 Å². The number of carbonyl (C=O) groups excluding carboxylic acids is 2. The summed E-state index contributed by atoms with van der Waals surface area (Å²) in [5.74, 6) is 1.22. The minimum absolute atomic E-state index is 0.0992. The van der Waals surface area contributed by atoms with Gasteiger partial charge in [0.15, 0.2) is 0 Å². The third-order valence-corrected chi connectivity index (χ3v) is 15.1. The van der Waals surface area contributed by atoms with E-state index >= 15 is 0 Å². The predicted octanol–water partition coefficient (Wildman–Crippen LogP) is 8.34. The molecule has 0 spiro atoms.